The highest BCUT2D eigenvalue weighted by atomic mass is 15.3. The van der Waals surface area contributed by atoms with Crippen molar-refractivity contribution in [3.63, 3.8) is 0 Å². The van der Waals surface area contributed by atoms with Crippen molar-refractivity contribution >= 4 is 0 Å². The molecule has 1 saturated heterocycles. The zero-order valence-corrected chi connectivity index (χ0v) is 9.16. The summed E-state index contributed by atoms with van der Waals surface area (Å²) in [5.41, 5.74) is 5.56. The van der Waals surface area contributed by atoms with Gasteiger partial charge >= 0.3 is 0 Å². The van der Waals surface area contributed by atoms with E-state index in [2.05, 4.69) is 30.6 Å². The first-order chi connectivity index (χ1) is 6.15. The van der Waals surface area contributed by atoms with Crippen molar-refractivity contribution in [3.8, 4) is 0 Å². The molecule has 0 aliphatic carbocycles. The Balaban J connectivity index is 2.37. The lowest BCUT2D eigenvalue weighted by molar-refractivity contribution is 0.0671. The molecule has 78 valence electrons. The van der Waals surface area contributed by atoms with Gasteiger partial charge in [0.1, 0.15) is 0 Å². The van der Waals surface area contributed by atoms with E-state index in [4.69, 9.17) is 5.73 Å². The van der Waals surface area contributed by atoms with Gasteiger partial charge in [-0.15, -0.1) is 0 Å². The molecule has 0 bridgehead atoms. The van der Waals surface area contributed by atoms with Crippen molar-refractivity contribution in [3.05, 3.63) is 0 Å². The van der Waals surface area contributed by atoms with Crippen LogP contribution in [0.3, 0.4) is 0 Å². The molecule has 3 nitrogen and oxygen atoms in total. The van der Waals surface area contributed by atoms with Gasteiger partial charge in [0, 0.05) is 44.8 Å². The normalized spacial score (nSPS) is 27.0. The van der Waals surface area contributed by atoms with Crippen LogP contribution < -0.4 is 5.73 Å². The molecule has 1 atom stereocenters. The van der Waals surface area contributed by atoms with Gasteiger partial charge in [-0.3, -0.25) is 9.80 Å². The van der Waals surface area contributed by atoms with Gasteiger partial charge in [0.2, 0.25) is 0 Å². The lowest BCUT2D eigenvalue weighted by Crippen LogP contribution is -2.54. The number of nitrogens with two attached hydrogens (primary N) is 1. The maximum Gasteiger partial charge on any atom is 0.0196 e. The molecule has 13 heavy (non-hydrogen) atoms. The Morgan fingerprint density at radius 2 is 2.08 bits per heavy atom. The largest absolute Gasteiger partial charge is 0.329 e. The first kappa shape index (κ1) is 11.0. The molecule has 0 aromatic carbocycles. The Morgan fingerprint density at radius 3 is 2.54 bits per heavy atom. The molecule has 0 radical (unpaired) electrons. The highest BCUT2D eigenvalue weighted by Crippen LogP contribution is 2.10. The fourth-order valence-corrected chi connectivity index (χ4v) is 1.99. The molecule has 2 N–H and O–H groups in total. The smallest absolute Gasteiger partial charge is 0.0196 e. The summed E-state index contributed by atoms with van der Waals surface area (Å²) in [6.07, 6.45) is 0. The monoisotopic (exact) mass is 185 g/mol. The summed E-state index contributed by atoms with van der Waals surface area (Å²) in [6.45, 7) is 12.2. The van der Waals surface area contributed by atoms with Gasteiger partial charge in [-0.2, -0.15) is 0 Å². The number of piperazine rings is 1. The van der Waals surface area contributed by atoms with Gasteiger partial charge in [0.15, 0.2) is 0 Å². The van der Waals surface area contributed by atoms with Gasteiger partial charge in [0.05, 0.1) is 0 Å². The molecular weight excluding hydrogens is 162 g/mol. The molecule has 1 unspecified atom stereocenters. The maximum atomic E-state index is 5.56. The molecule has 1 fully saturated rings. The number of hydrogen-bond acceptors (Lipinski definition) is 3. The minimum Gasteiger partial charge on any atom is -0.329 e. The Morgan fingerprint density at radius 1 is 1.38 bits per heavy atom. The first-order valence-corrected chi connectivity index (χ1v) is 5.33. The summed E-state index contributed by atoms with van der Waals surface area (Å²) in [7, 11) is 0. The van der Waals surface area contributed by atoms with Crippen molar-refractivity contribution in [2.75, 3.05) is 32.7 Å². The molecule has 1 rings (SSSR count). The molecule has 1 heterocycles. The third kappa shape index (κ3) is 2.93. The van der Waals surface area contributed by atoms with Gasteiger partial charge in [-0.1, -0.05) is 0 Å². The second kappa shape index (κ2) is 4.94. The summed E-state index contributed by atoms with van der Waals surface area (Å²) in [5, 5.41) is 0. The lowest BCUT2D eigenvalue weighted by atomic mass is 10.1. The lowest BCUT2D eigenvalue weighted by Gasteiger charge is -2.41. The predicted octanol–water partition coefficient (Wildman–Crippen LogP) is 0.360. The topological polar surface area (TPSA) is 32.5 Å². The Labute approximate surface area is 81.9 Å². The van der Waals surface area contributed by atoms with Gasteiger partial charge in [0.25, 0.3) is 0 Å². The Hall–Kier alpha value is -0.120. The summed E-state index contributed by atoms with van der Waals surface area (Å²) in [6, 6.07) is 1.35. The Kier molecular flexibility index (Phi) is 4.16. The van der Waals surface area contributed by atoms with Crippen molar-refractivity contribution < 1.29 is 0 Å². The van der Waals surface area contributed by atoms with E-state index >= 15 is 0 Å². The standard InChI is InChI=1S/C10H23N3/c1-9(2)13-7-6-12(5-4-11)10(3)8-13/h9-10H,4-8,11H2,1-3H3. The molecule has 0 amide bonds. The van der Waals surface area contributed by atoms with Gasteiger partial charge < -0.3 is 5.73 Å². The summed E-state index contributed by atoms with van der Waals surface area (Å²) in [4.78, 5) is 5.02. The number of nitrogens with zero attached hydrogens (tertiary/aromatic N) is 2. The first-order valence-electron chi connectivity index (χ1n) is 5.33. The minimum atomic E-state index is 0.666. The maximum absolute atomic E-state index is 5.56. The minimum absolute atomic E-state index is 0.666. The highest BCUT2D eigenvalue weighted by molar-refractivity contribution is 4.80. The zero-order chi connectivity index (χ0) is 9.84. The summed E-state index contributed by atoms with van der Waals surface area (Å²) in [5.74, 6) is 0. The molecule has 0 aromatic rings. The molecule has 1 aliphatic heterocycles. The van der Waals surface area contributed by atoms with E-state index in [1.165, 1.54) is 19.6 Å². The van der Waals surface area contributed by atoms with Crippen LogP contribution in [-0.4, -0.2) is 54.6 Å². The second-order valence-corrected chi connectivity index (χ2v) is 4.26. The van der Waals surface area contributed by atoms with Crippen molar-refractivity contribution in [1.29, 1.82) is 0 Å². The predicted molar refractivity (Wildman–Crippen MR) is 56.8 cm³/mol. The SMILES string of the molecule is CC(C)N1CCN(CCN)C(C)C1. The van der Waals surface area contributed by atoms with Crippen LogP contribution in [0.4, 0.5) is 0 Å². The van der Waals surface area contributed by atoms with Crippen molar-refractivity contribution in [2.24, 2.45) is 5.73 Å². The number of rotatable bonds is 3. The molecule has 0 spiro atoms. The van der Waals surface area contributed by atoms with E-state index in [1.807, 2.05) is 0 Å². The van der Waals surface area contributed by atoms with E-state index in [-0.39, 0.29) is 0 Å². The molecule has 0 saturated carbocycles. The van der Waals surface area contributed by atoms with E-state index in [0.717, 1.165) is 13.1 Å². The van der Waals surface area contributed by atoms with Crippen LogP contribution in [0.25, 0.3) is 0 Å². The second-order valence-electron chi connectivity index (χ2n) is 4.26. The fraction of sp³-hybridized carbons (Fsp3) is 1.00. The van der Waals surface area contributed by atoms with E-state index in [1.54, 1.807) is 0 Å². The van der Waals surface area contributed by atoms with Crippen LogP contribution >= 0.6 is 0 Å². The molecular formula is C10H23N3. The highest BCUT2D eigenvalue weighted by Gasteiger charge is 2.23. The van der Waals surface area contributed by atoms with E-state index in [0.29, 0.717) is 12.1 Å². The van der Waals surface area contributed by atoms with Crippen LogP contribution in [0.1, 0.15) is 20.8 Å². The number of hydrogen-bond donors (Lipinski definition) is 1. The summed E-state index contributed by atoms with van der Waals surface area (Å²) >= 11 is 0. The van der Waals surface area contributed by atoms with Gasteiger partial charge in [-0.05, 0) is 20.8 Å². The Bertz CT molecular complexity index is 147. The van der Waals surface area contributed by atoms with Crippen LogP contribution in [0, 0.1) is 0 Å². The molecule has 0 aromatic heterocycles. The quantitative estimate of drug-likeness (QED) is 0.689. The third-order valence-corrected chi connectivity index (χ3v) is 2.94. The van der Waals surface area contributed by atoms with E-state index in [9.17, 15) is 0 Å². The van der Waals surface area contributed by atoms with Crippen LogP contribution in [0.15, 0.2) is 0 Å². The zero-order valence-electron chi connectivity index (χ0n) is 9.16. The fourth-order valence-electron chi connectivity index (χ4n) is 1.99. The van der Waals surface area contributed by atoms with Crippen LogP contribution in [-0.2, 0) is 0 Å². The van der Waals surface area contributed by atoms with Crippen LogP contribution in [0.5, 0.6) is 0 Å². The average molecular weight is 185 g/mol. The van der Waals surface area contributed by atoms with E-state index < -0.39 is 0 Å². The van der Waals surface area contributed by atoms with Crippen LogP contribution in [0.2, 0.25) is 0 Å². The average Bonchev–Trinajstić information content (AvgIpc) is 2.08. The van der Waals surface area contributed by atoms with Crippen molar-refractivity contribution in [1.82, 2.24) is 9.80 Å². The van der Waals surface area contributed by atoms with Gasteiger partial charge in [-0.25, -0.2) is 0 Å². The molecule has 1 aliphatic rings. The van der Waals surface area contributed by atoms with Crippen molar-refractivity contribution in [2.45, 2.75) is 32.9 Å². The third-order valence-electron chi connectivity index (χ3n) is 2.94. The summed E-state index contributed by atoms with van der Waals surface area (Å²) < 4.78 is 0. The molecule has 3 heteroatoms.